The fourth-order valence-corrected chi connectivity index (χ4v) is 5.37. The van der Waals surface area contributed by atoms with Crippen molar-refractivity contribution in [1.29, 1.82) is 0 Å². The molecule has 2 heterocycles. The van der Waals surface area contributed by atoms with Gasteiger partial charge in [-0.05, 0) is 54.7 Å². The molecular formula is C24H23F4N3O3S. The van der Waals surface area contributed by atoms with Crippen LogP contribution in [0.3, 0.4) is 0 Å². The third kappa shape index (κ3) is 5.09. The van der Waals surface area contributed by atoms with Crippen LogP contribution in [-0.4, -0.2) is 31.7 Å². The van der Waals surface area contributed by atoms with Crippen LogP contribution in [0.1, 0.15) is 42.0 Å². The Morgan fingerprint density at radius 2 is 1.89 bits per heavy atom. The molecule has 0 saturated carbocycles. The predicted molar refractivity (Wildman–Crippen MR) is 122 cm³/mol. The molecule has 11 heteroatoms. The molecule has 0 saturated heterocycles. The van der Waals surface area contributed by atoms with E-state index in [0.29, 0.717) is 28.9 Å². The number of benzene rings is 2. The van der Waals surface area contributed by atoms with Gasteiger partial charge in [0.05, 0.1) is 23.7 Å². The molecule has 0 amide bonds. The molecule has 2 aromatic carbocycles. The number of aryl methyl sites for hydroxylation is 1. The van der Waals surface area contributed by atoms with Crippen molar-refractivity contribution in [3.05, 3.63) is 77.2 Å². The molecule has 0 bridgehead atoms. The molecule has 186 valence electrons. The monoisotopic (exact) mass is 509 g/mol. The van der Waals surface area contributed by atoms with Gasteiger partial charge in [0.1, 0.15) is 17.9 Å². The van der Waals surface area contributed by atoms with Gasteiger partial charge in [-0.2, -0.15) is 13.2 Å². The second-order valence-corrected chi connectivity index (χ2v) is 10.1. The van der Waals surface area contributed by atoms with Gasteiger partial charge < -0.3 is 4.74 Å². The van der Waals surface area contributed by atoms with Crippen molar-refractivity contribution >= 4 is 15.8 Å². The maximum Gasteiger partial charge on any atom is 0.416 e. The summed E-state index contributed by atoms with van der Waals surface area (Å²) in [4.78, 5) is 7.55. The smallest absolute Gasteiger partial charge is 0.416 e. The van der Waals surface area contributed by atoms with E-state index in [1.165, 1.54) is 36.8 Å². The van der Waals surface area contributed by atoms with Gasteiger partial charge in [0.15, 0.2) is 0 Å². The van der Waals surface area contributed by atoms with E-state index in [4.69, 9.17) is 4.74 Å². The minimum Gasteiger partial charge on any atom is -0.493 e. The summed E-state index contributed by atoms with van der Waals surface area (Å²) in [6.45, 7) is 1.46. The normalized spacial score (nSPS) is 18.0. The summed E-state index contributed by atoms with van der Waals surface area (Å²) in [6, 6.07) is 9.37. The fraction of sp³-hybridized carbons (Fsp3) is 0.333. The molecule has 1 atom stereocenters. The van der Waals surface area contributed by atoms with Gasteiger partial charge in [0.25, 0.3) is 10.0 Å². The van der Waals surface area contributed by atoms with Crippen LogP contribution >= 0.6 is 0 Å². The number of fused-ring (bicyclic) bond motifs is 1. The first-order chi connectivity index (χ1) is 16.5. The van der Waals surface area contributed by atoms with Crippen molar-refractivity contribution in [3.63, 3.8) is 0 Å². The van der Waals surface area contributed by atoms with Crippen LogP contribution in [0.5, 0.6) is 5.75 Å². The molecule has 1 aliphatic heterocycles. The first-order valence-corrected chi connectivity index (χ1v) is 12.4. The summed E-state index contributed by atoms with van der Waals surface area (Å²) in [5.41, 5.74) is 0.147. The molecule has 0 aliphatic carbocycles. The van der Waals surface area contributed by atoms with Crippen molar-refractivity contribution in [1.82, 2.24) is 9.97 Å². The summed E-state index contributed by atoms with van der Waals surface area (Å²) in [6.07, 6.45) is -1.20. The van der Waals surface area contributed by atoms with Crippen LogP contribution in [0.25, 0.3) is 0 Å². The highest BCUT2D eigenvalue weighted by Gasteiger charge is 2.39. The van der Waals surface area contributed by atoms with Crippen molar-refractivity contribution in [2.75, 3.05) is 18.0 Å². The summed E-state index contributed by atoms with van der Waals surface area (Å²) in [5.74, 6) is 0.423. The minimum absolute atomic E-state index is 0.0517. The highest BCUT2D eigenvalue weighted by Crippen LogP contribution is 2.46. The van der Waals surface area contributed by atoms with Gasteiger partial charge in [-0.1, -0.05) is 19.1 Å². The number of alkyl halides is 4. The maximum atomic E-state index is 13.3. The average molecular weight is 510 g/mol. The Kier molecular flexibility index (Phi) is 6.72. The van der Waals surface area contributed by atoms with Crippen LogP contribution in [0.2, 0.25) is 0 Å². The number of hydrogen-bond acceptors (Lipinski definition) is 5. The lowest BCUT2D eigenvalue weighted by atomic mass is 9.70. The summed E-state index contributed by atoms with van der Waals surface area (Å²) >= 11 is 0. The zero-order valence-electron chi connectivity index (χ0n) is 18.8. The quantitative estimate of drug-likeness (QED) is 0.438. The summed E-state index contributed by atoms with van der Waals surface area (Å²) in [7, 11) is -3.98. The molecule has 35 heavy (non-hydrogen) atoms. The maximum absolute atomic E-state index is 13.3. The Labute approximate surface area is 200 Å². The number of nitrogens with zero attached hydrogens (tertiary/aromatic N) is 2. The van der Waals surface area contributed by atoms with Crippen LogP contribution < -0.4 is 9.46 Å². The Morgan fingerprint density at radius 1 is 1.11 bits per heavy atom. The van der Waals surface area contributed by atoms with E-state index < -0.39 is 33.9 Å². The highest BCUT2D eigenvalue weighted by molar-refractivity contribution is 7.92. The van der Waals surface area contributed by atoms with E-state index in [0.717, 1.165) is 12.1 Å². The highest BCUT2D eigenvalue weighted by atomic mass is 32.2. The van der Waals surface area contributed by atoms with Crippen molar-refractivity contribution < 1.29 is 30.7 Å². The first-order valence-electron chi connectivity index (χ1n) is 10.9. The van der Waals surface area contributed by atoms with Gasteiger partial charge in [-0.25, -0.2) is 18.4 Å². The van der Waals surface area contributed by atoms with Crippen molar-refractivity contribution in [2.45, 2.75) is 42.7 Å². The van der Waals surface area contributed by atoms with E-state index in [2.05, 4.69) is 14.7 Å². The zero-order valence-corrected chi connectivity index (χ0v) is 19.6. The molecular weight excluding hydrogens is 486 g/mol. The molecule has 1 aromatic heterocycles. The van der Waals surface area contributed by atoms with Gasteiger partial charge in [0.2, 0.25) is 0 Å². The lowest BCUT2D eigenvalue weighted by molar-refractivity contribution is -0.137. The Morgan fingerprint density at radius 3 is 2.57 bits per heavy atom. The third-order valence-corrected chi connectivity index (χ3v) is 7.50. The molecule has 1 N–H and O–H groups in total. The van der Waals surface area contributed by atoms with Gasteiger partial charge >= 0.3 is 6.18 Å². The number of rotatable bonds is 7. The second-order valence-electron chi connectivity index (χ2n) is 8.45. The molecule has 0 fully saturated rings. The number of nitrogens with one attached hydrogen (secondary N) is 1. The van der Waals surface area contributed by atoms with Crippen molar-refractivity contribution in [2.24, 2.45) is 0 Å². The number of anilines is 1. The molecule has 6 nitrogen and oxygen atoms in total. The SMILES string of the molecule is C[C@@]1(c2ccc(C(F)(F)F)cc2CCCF)CCOc2cc(S(=O)(=O)Nc3ccncn3)ccc21. The number of hydrogen-bond donors (Lipinski definition) is 1. The lowest BCUT2D eigenvalue weighted by Gasteiger charge is -2.38. The van der Waals surface area contributed by atoms with Gasteiger partial charge in [-0.15, -0.1) is 0 Å². The van der Waals surface area contributed by atoms with E-state index >= 15 is 0 Å². The number of sulfonamides is 1. The largest absolute Gasteiger partial charge is 0.493 e. The third-order valence-electron chi connectivity index (χ3n) is 6.15. The van der Waals surface area contributed by atoms with Crippen molar-refractivity contribution in [3.8, 4) is 5.75 Å². The van der Waals surface area contributed by atoms with Crippen LogP contribution in [0.4, 0.5) is 23.4 Å². The Bertz CT molecular complexity index is 1320. The Hall–Kier alpha value is -3.21. The van der Waals surface area contributed by atoms with Crippen LogP contribution in [0.15, 0.2) is 59.9 Å². The lowest BCUT2D eigenvalue weighted by Crippen LogP contribution is -2.32. The molecule has 0 spiro atoms. The van der Waals surface area contributed by atoms with Gasteiger partial charge in [0, 0.05) is 23.2 Å². The van der Waals surface area contributed by atoms with Crippen LogP contribution in [-0.2, 0) is 28.0 Å². The Balaban J connectivity index is 1.75. The average Bonchev–Trinajstić information content (AvgIpc) is 2.82. The summed E-state index contributed by atoms with van der Waals surface area (Å²) < 4.78 is 86.8. The predicted octanol–water partition coefficient (Wildman–Crippen LogP) is 5.29. The summed E-state index contributed by atoms with van der Waals surface area (Å²) in [5, 5.41) is 0. The number of halogens is 4. The van der Waals surface area contributed by atoms with E-state index in [1.807, 2.05) is 6.92 Å². The molecule has 3 aromatic rings. The molecule has 0 unspecified atom stereocenters. The molecule has 0 radical (unpaired) electrons. The standard InChI is InChI=1S/C24H23F4N3O3S/c1-23(19-6-4-17(24(26,27)28)13-16(19)3-2-10-25)9-12-34-21-14-18(5-7-20(21)23)35(32,33)31-22-8-11-29-15-30-22/h4-8,11,13-15H,2-3,9-10,12H2,1H3,(H,29,30,31)/t23-/m0/s1. The molecule has 4 rings (SSSR count). The van der Waals surface area contributed by atoms with E-state index in [9.17, 15) is 26.0 Å². The molecule has 1 aliphatic rings. The number of aromatic nitrogens is 2. The van der Waals surface area contributed by atoms with Gasteiger partial charge in [-0.3, -0.25) is 9.11 Å². The minimum atomic E-state index is -4.52. The van der Waals surface area contributed by atoms with Crippen LogP contribution in [0, 0.1) is 0 Å². The first kappa shape index (κ1) is 24.9. The topological polar surface area (TPSA) is 81.2 Å². The second kappa shape index (κ2) is 9.44. The van der Waals surface area contributed by atoms with E-state index in [-0.39, 0.29) is 30.2 Å². The fourth-order valence-electron chi connectivity index (χ4n) is 4.34. The number of ether oxygens (including phenoxy) is 1. The van der Waals surface area contributed by atoms with E-state index in [1.54, 1.807) is 6.07 Å². The zero-order chi connectivity index (χ0) is 25.3.